The Bertz CT molecular complexity index is 473. The number of hydrogen-bond acceptors (Lipinski definition) is 5. The quantitative estimate of drug-likeness (QED) is 0.507. The minimum atomic E-state index is -0.441. The SMILES string of the molecule is CN(Cc1cccc([N+](=O)[O-])c1N)CC1CCCCO1. The predicted octanol–water partition coefficient (Wildman–Crippen LogP) is 2.18. The molecule has 1 heterocycles. The number of hydrogen-bond donors (Lipinski definition) is 1. The summed E-state index contributed by atoms with van der Waals surface area (Å²) in [5.74, 6) is 0. The van der Waals surface area contributed by atoms with Crippen LogP contribution in [-0.2, 0) is 11.3 Å². The zero-order valence-corrected chi connectivity index (χ0v) is 11.7. The van der Waals surface area contributed by atoms with Crippen LogP contribution in [0.4, 0.5) is 11.4 Å². The van der Waals surface area contributed by atoms with E-state index in [1.54, 1.807) is 6.07 Å². The van der Waals surface area contributed by atoms with Crippen LogP contribution >= 0.6 is 0 Å². The second-order valence-electron chi connectivity index (χ2n) is 5.29. The molecular weight excluding hydrogens is 258 g/mol. The lowest BCUT2D eigenvalue weighted by Crippen LogP contribution is -2.33. The molecule has 0 aromatic heterocycles. The molecule has 0 radical (unpaired) electrons. The number of anilines is 1. The molecule has 2 rings (SSSR count). The van der Waals surface area contributed by atoms with Gasteiger partial charge in [-0.25, -0.2) is 0 Å². The van der Waals surface area contributed by atoms with Gasteiger partial charge in [0, 0.05) is 25.8 Å². The molecule has 6 heteroatoms. The van der Waals surface area contributed by atoms with Crippen molar-refractivity contribution in [3.05, 3.63) is 33.9 Å². The molecule has 1 aromatic rings. The van der Waals surface area contributed by atoms with Gasteiger partial charge in [0.15, 0.2) is 0 Å². The van der Waals surface area contributed by atoms with Gasteiger partial charge in [-0.3, -0.25) is 15.0 Å². The maximum atomic E-state index is 10.9. The van der Waals surface area contributed by atoms with Gasteiger partial charge in [0.1, 0.15) is 5.69 Å². The number of likely N-dealkylation sites (N-methyl/N-ethyl adjacent to an activating group) is 1. The molecule has 1 unspecified atom stereocenters. The number of para-hydroxylation sites is 1. The first-order valence-corrected chi connectivity index (χ1v) is 6.90. The van der Waals surface area contributed by atoms with Crippen LogP contribution in [0, 0.1) is 10.1 Å². The summed E-state index contributed by atoms with van der Waals surface area (Å²) in [5.41, 5.74) is 6.89. The van der Waals surface area contributed by atoms with Crippen molar-refractivity contribution in [1.29, 1.82) is 0 Å². The molecule has 110 valence electrons. The molecule has 2 N–H and O–H groups in total. The largest absolute Gasteiger partial charge is 0.393 e. The lowest BCUT2D eigenvalue weighted by Gasteiger charge is -2.27. The predicted molar refractivity (Wildman–Crippen MR) is 77.4 cm³/mol. The van der Waals surface area contributed by atoms with Gasteiger partial charge >= 0.3 is 0 Å². The van der Waals surface area contributed by atoms with E-state index in [1.165, 1.54) is 12.5 Å². The van der Waals surface area contributed by atoms with E-state index < -0.39 is 4.92 Å². The number of nitrogen functional groups attached to an aromatic ring is 1. The second kappa shape index (κ2) is 6.67. The van der Waals surface area contributed by atoms with Crippen molar-refractivity contribution in [2.45, 2.75) is 31.9 Å². The van der Waals surface area contributed by atoms with E-state index in [0.717, 1.165) is 31.6 Å². The van der Waals surface area contributed by atoms with Crippen molar-refractivity contribution >= 4 is 11.4 Å². The zero-order chi connectivity index (χ0) is 14.5. The molecular formula is C14H21N3O3. The standard InChI is InChI=1S/C14H21N3O3/c1-16(10-12-6-2-3-8-20-12)9-11-5-4-7-13(14(11)15)17(18)19/h4-5,7,12H,2-3,6,8-10,15H2,1H3. The molecule has 1 atom stereocenters. The first-order chi connectivity index (χ1) is 9.58. The van der Waals surface area contributed by atoms with E-state index >= 15 is 0 Å². The number of nitrogens with two attached hydrogens (primary N) is 1. The second-order valence-corrected chi connectivity index (χ2v) is 5.29. The summed E-state index contributed by atoms with van der Waals surface area (Å²) in [4.78, 5) is 12.5. The number of nitro groups is 1. The summed E-state index contributed by atoms with van der Waals surface area (Å²) < 4.78 is 5.70. The number of nitrogens with zero attached hydrogens (tertiary/aromatic N) is 2. The van der Waals surface area contributed by atoms with Crippen molar-refractivity contribution < 1.29 is 9.66 Å². The normalized spacial score (nSPS) is 19.2. The Morgan fingerprint density at radius 1 is 1.50 bits per heavy atom. The van der Waals surface area contributed by atoms with Gasteiger partial charge in [-0.15, -0.1) is 0 Å². The number of rotatable bonds is 5. The topological polar surface area (TPSA) is 81.6 Å². The van der Waals surface area contributed by atoms with Crippen LogP contribution in [-0.4, -0.2) is 36.1 Å². The van der Waals surface area contributed by atoms with Crippen LogP contribution in [0.2, 0.25) is 0 Å². The molecule has 1 aliphatic heterocycles. The molecule has 1 saturated heterocycles. The van der Waals surface area contributed by atoms with Gasteiger partial charge in [-0.2, -0.15) is 0 Å². The fraction of sp³-hybridized carbons (Fsp3) is 0.571. The highest BCUT2D eigenvalue weighted by Crippen LogP contribution is 2.26. The average Bonchev–Trinajstić information content (AvgIpc) is 2.42. The summed E-state index contributed by atoms with van der Waals surface area (Å²) in [6.45, 7) is 2.24. The highest BCUT2D eigenvalue weighted by molar-refractivity contribution is 5.62. The van der Waals surface area contributed by atoms with Gasteiger partial charge in [0.25, 0.3) is 5.69 Å². The van der Waals surface area contributed by atoms with E-state index in [4.69, 9.17) is 10.5 Å². The summed E-state index contributed by atoms with van der Waals surface area (Å²) in [6, 6.07) is 4.94. The van der Waals surface area contributed by atoms with Crippen LogP contribution in [0.15, 0.2) is 18.2 Å². The maximum Gasteiger partial charge on any atom is 0.292 e. The minimum absolute atomic E-state index is 0.0233. The van der Waals surface area contributed by atoms with E-state index in [2.05, 4.69) is 4.90 Å². The minimum Gasteiger partial charge on any atom is -0.393 e. The highest BCUT2D eigenvalue weighted by Gasteiger charge is 2.18. The van der Waals surface area contributed by atoms with Crippen LogP contribution in [0.3, 0.4) is 0 Å². The molecule has 20 heavy (non-hydrogen) atoms. The molecule has 1 aliphatic rings. The molecule has 0 aliphatic carbocycles. The molecule has 0 amide bonds. The fourth-order valence-electron chi connectivity index (χ4n) is 2.55. The molecule has 0 spiro atoms. The zero-order valence-electron chi connectivity index (χ0n) is 11.7. The summed E-state index contributed by atoms with van der Waals surface area (Å²) in [6.07, 6.45) is 3.68. The van der Waals surface area contributed by atoms with E-state index in [1.807, 2.05) is 13.1 Å². The monoisotopic (exact) mass is 279 g/mol. The number of nitro benzene ring substituents is 1. The van der Waals surface area contributed by atoms with E-state index in [9.17, 15) is 10.1 Å². The van der Waals surface area contributed by atoms with Crippen molar-refractivity contribution in [1.82, 2.24) is 4.90 Å². The Morgan fingerprint density at radius 3 is 2.95 bits per heavy atom. The van der Waals surface area contributed by atoms with E-state index in [-0.39, 0.29) is 17.5 Å². The lowest BCUT2D eigenvalue weighted by molar-refractivity contribution is -0.384. The third-order valence-corrected chi connectivity index (χ3v) is 3.60. The van der Waals surface area contributed by atoms with Gasteiger partial charge in [-0.1, -0.05) is 12.1 Å². The maximum absolute atomic E-state index is 10.9. The molecule has 1 fully saturated rings. The Labute approximate surface area is 118 Å². The molecule has 0 bridgehead atoms. The van der Waals surface area contributed by atoms with Gasteiger partial charge in [-0.05, 0) is 31.9 Å². The Hall–Kier alpha value is -1.66. The first kappa shape index (κ1) is 14.7. The van der Waals surface area contributed by atoms with Crippen molar-refractivity contribution in [2.75, 3.05) is 25.9 Å². The Morgan fingerprint density at radius 2 is 2.30 bits per heavy atom. The van der Waals surface area contributed by atoms with Crippen LogP contribution < -0.4 is 5.73 Å². The van der Waals surface area contributed by atoms with Crippen LogP contribution in [0.5, 0.6) is 0 Å². The smallest absolute Gasteiger partial charge is 0.292 e. The number of ether oxygens (including phenoxy) is 1. The third kappa shape index (κ3) is 3.68. The first-order valence-electron chi connectivity index (χ1n) is 6.90. The lowest BCUT2D eigenvalue weighted by atomic mass is 10.1. The Kier molecular flexibility index (Phi) is 4.92. The van der Waals surface area contributed by atoms with Crippen LogP contribution in [0.25, 0.3) is 0 Å². The molecule has 6 nitrogen and oxygen atoms in total. The number of benzene rings is 1. The Balaban J connectivity index is 1.98. The van der Waals surface area contributed by atoms with Gasteiger partial charge in [0.2, 0.25) is 0 Å². The van der Waals surface area contributed by atoms with Crippen LogP contribution in [0.1, 0.15) is 24.8 Å². The summed E-state index contributed by atoms with van der Waals surface area (Å²) in [5, 5.41) is 10.9. The van der Waals surface area contributed by atoms with Crippen molar-refractivity contribution in [3.63, 3.8) is 0 Å². The highest BCUT2D eigenvalue weighted by atomic mass is 16.6. The van der Waals surface area contributed by atoms with Crippen molar-refractivity contribution in [3.8, 4) is 0 Å². The third-order valence-electron chi connectivity index (χ3n) is 3.60. The summed E-state index contributed by atoms with van der Waals surface area (Å²) >= 11 is 0. The molecule has 1 aromatic carbocycles. The average molecular weight is 279 g/mol. The van der Waals surface area contributed by atoms with Gasteiger partial charge < -0.3 is 10.5 Å². The molecule has 0 saturated carbocycles. The van der Waals surface area contributed by atoms with E-state index in [0.29, 0.717) is 6.54 Å². The van der Waals surface area contributed by atoms with Crippen molar-refractivity contribution in [2.24, 2.45) is 0 Å². The summed E-state index contributed by atoms with van der Waals surface area (Å²) in [7, 11) is 1.98. The van der Waals surface area contributed by atoms with Gasteiger partial charge in [0.05, 0.1) is 11.0 Å². The fourth-order valence-corrected chi connectivity index (χ4v) is 2.55.